The molecule has 5 heteroatoms. The van der Waals surface area contributed by atoms with Gasteiger partial charge >= 0.3 is 0 Å². The Morgan fingerprint density at radius 2 is 2.00 bits per heavy atom. The Hall–Kier alpha value is -2.01. The van der Waals surface area contributed by atoms with E-state index in [1.807, 2.05) is 0 Å². The molecule has 0 saturated heterocycles. The lowest BCUT2D eigenvalue weighted by Gasteiger charge is -2.06. The number of ether oxygens (including phenoxy) is 1. The summed E-state index contributed by atoms with van der Waals surface area (Å²) < 4.78 is 31.2. The van der Waals surface area contributed by atoms with Crippen LogP contribution in [-0.4, -0.2) is 10.1 Å². The van der Waals surface area contributed by atoms with E-state index in [1.54, 1.807) is 6.07 Å². The fourth-order valence-corrected chi connectivity index (χ4v) is 1.24. The van der Waals surface area contributed by atoms with Gasteiger partial charge in [-0.15, -0.1) is 0 Å². The largest absolute Gasteiger partial charge is 0.436 e. The number of aliphatic hydroxyl groups is 1. The molecule has 17 heavy (non-hydrogen) atoms. The van der Waals surface area contributed by atoms with Crippen molar-refractivity contribution in [2.75, 3.05) is 0 Å². The normalized spacial score (nSPS) is 10.3. The Morgan fingerprint density at radius 1 is 1.18 bits per heavy atom. The minimum Gasteiger partial charge on any atom is -0.436 e. The maximum atomic E-state index is 13.3. The fraction of sp³-hybridized carbons (Fsp3) is 0.0833. The molecule has 0 aliphatic heterocycles. The molecule has 1 N–H and O–H groups in total. The molecule has 1 heterocycles. The third-order valence-electron chi connectivity index (χ3n) is 2.11. The molecule has 0 atom stereocenters. The smallest absolute Gasteiger partial charge is 0.219 e. The molecule has 88 valence electrons. The van der Waals surface area contributed by atoms with Crippen LogP contribution in [0.3, 0.4) is 0 Å². The number of aromatic nitrogens is 1. The predicted octanol–water partition coefficient (Wildman–Crippen LogP) is 2.64. The number of hydrogen-bond acceptors (Lipinski definition) is 3. The molecule has 3 nitrogen and oxygen atoms in total. The first-order valence-electron chi connectivity index (χ1n) is 4.88. The number of halogens is 2. The zero-order valence-electron chi connectivity index (χ0n) is 8.73. The summed E-state index contributed by atoms with van der Waals surface area (Å²) in [6.45, 7) is -0.137. The van der Waals surface area contributed by atoms with Gasteiger partial charge in [0.05, 0.1) is 6.61 Å². The number of nitrogens with zero attached hydrogens (tertiary/aromatic N) is 1. The Morgan fingerprint density at radius 3 is 2.65 bits per heavy atom. The molecule has 0 saturated carbocycles. The molecule has 0 bridgehead atoms. The van der Waals surface area contributed by atoms with Crippen LogP contribution >= 0.6 is 0 Å². The van der Waals surface area contributed by atoms with Crippen LogP contribution in [0.2, 0.25) is 0 Å². The van der Waals surface area contributed by atoms with Crippen molar-refractivity contribution in [3.8, 4) is 11.6 Å². The Kier molecular flexibility index (Phi) is 3.30. The highest BCUT2D eigenvalue weighted by molar-refractivity contribution is 5.29. The predicted molar refractivity (Wildman–Crippen MR) is 56.6 cm³/mol. The van der Waals surface area contributed by atoms with Gasteiger partial charge in [0.15, 0.2) is 11.6 Å². The molecule has 0 unspecified atom stereocenters. The van der Waals surface area contributed by atoms with Crippen molar-refractivity contribution in [2.24, 2.45) is 0 Å². The van der Waals surface area contributed by atoms with Crippen LogP contribution in [0.15, 0.2) is 36.5 Å². The summed E-state index contributed by atoms with van der Waals surface area (Å²) in [6.07, 6.45) is 1.40. The highest BCUT2D eigenvalue weighted by atomic mass is 19.2. The molecule has 2 rings (SSSR count). The summed E-state index contributed by atoms with van der Waals surface area (Å²) >= 11 is 0. The first-order valence-corrected chi connectivity index (χ1v) is 4.88. The second-order valence-corrected chi connectivity index (χ2v) is 3.32. The second kappa shape index (κ2) is 4.88. The molecular weight excluding hydrogens is 228 g/mol. The first-order chi connectivity index (χ1) is 8.20. The van der Waals surface area contributed by atoms with Gasteiger partial charge in [-0.05, 0) is 23.8 Å². The minimum atomic E-state index is -1.06. The van der Waals surface area contributed by atoms with E-state index in [2.05, 4.69) is 4.98 Å². The minimum absolute atomic E-state index is 0.131. The van der Waals surface area contributed by atoms with Gasteiger partial charge in [0, 0.05) is 12.3 Å². The van der Waals surface area contributed by atoms with Crippen LogP contribution in [0.1, 0.15) is 5.56 Å². The van der Waals surface area contributed by atoms with E-state index >= 15 is 0 Å². The second-order valence-electron chi connectivity index (χ2n) is 3.32. The van der Waals surface area contributed by atoms with Gasteiger partial charge in [0.25, 0.3) is 0 Å². The lowest BCUT2D eigenvalue weighted by molar-refractivity contribution is 0.281. The highest BCUT2D eigenvalue weighted by Crippen LogP contribution is 2.24. The molecule has 0 spiro atoms. The fourth-order valence-electron chi connectivity index (χ4n) is 1.24. The van der Waals surface area contributed by atoms with Gasteiger partial charge < -0.3 is 9.84 Å². The van der Waals surface area contributed by atoms with Crippen molar-refractivity contribution >= 4 is 0 Å². The molecule has 1 aromatic heterocycles. The van der Waals surface area contributed by atoms with Gasteiger partial charge in [-0.3, -0.25) is 0 Å². The summed E-state index contributed by atoms with van der Waals surface area (Å²) in [6, 6.07) is 6.70. The van der Waals surface area contributed by atoms with Crippen molar-refractivity contribution in [3.05, 3.63) is 53.7 Å². The highest BCUT2D eigenvalue weighted by Gasteiger charge is 2.09. The van der Waals surface area contributed by atoms with E-state index in [9.17, 15) is 8.78 Å². The molecule has 1 aromatic carbocycles. The van der Waals surface area contributed by atoms with Crippen LogP contribution in [0, 0.1) is 11.6 Å². The summed E-state index contributed by atoms with van der Waals surface area (Å²) in [5, 5.41) is 8.81. The number of rotatable bonds is 3. The maximum Gasteiger partial charge on any atom is 0.219 e. The average Bonchev–Trinajstić information content (AvgIpc) is 2.36. The zero-order valence-corrected chi connectivity index (χ0v) is 8.73. The molecule has 0 fully saturated rings. The zero-order chi connectivity index (χ0) is 12.3. The van der Waals surface area contributed by atoms with Gasteiger partial charge in [0.1, 0.15) is 0 Å². The van der Waals surface area contributed by atoms with Crippen LogP contribution < -0.4 is 4.74 Å². The van der Waals surface area contributed by atoms with E-state index in [1.165, 1.54) is 24.4 Å². The Bertz CT molecular complexity index is 514. The number of aliphatic hydroxyl groups excluding tert-OH is 1. The first kappa shape index (κ1) is 11.5. The van der Waals surface area contributed by atoms with Crippen molar-refractivity contribution in [1.29, 1.82) is 0 Å². The van der Waals surface area contributed by atoms with Crippen LogP contribution in [0.25, 0.3) is 0 Å². The van der Waals surface area contributed by atoms with E-state index in [-0.39, 0.29) is 18.2 Å². The van der Waals surface area contributed by atoms with E-state index < -0.39 is 11.6 Å². The molecule has 0 aliphatic carbocycles. The summed E-state index contributed by atoms with van der Waals surface area (Å²) in [5.74, 6) is -2.13. The lowest BCUT2D eigenvalue weighted by Crippen LogP contribution is -1.94. The standard InChI is InChI=1S/C12H9F2NO2/c13-9-2-1-3-10(12(9)14)17-11-5-4-8(7-16)6-15-11/h1-6,16H,7H2. The number of benzene rings is 1. The Labute approximate surface area is 96.3 Å². The van der Waals surface area contributed by atoms with Crippen LogP contribution in [0.4, 0.5) is 8.78 Å². The number of pyridine rings is 1. The van der Waals surface area contributed by atoms with E-state index in [0.717, 1.165) is 6.07 Å². The van der Waals surface area contributed by atoms with Crippen LogP contribution in [-0.2, 0) is 6.61 Å². The molecule has 0 radical (unpaired) electrons. The van der Waals surface area contributed by atoms with Gasteiger partial charge in [-0.25, -0.2) is 9.37 Å². The lowest BCUT2D eigenvalue weighted by atomic mass is 10.3. The SMILES string of the molecule is OCc1ccc(Oc2cccc(F)c2F)nc1. The third kappa shape index (κ3) is 2.57. The molecule has 2 aromatic rings. The van der Waals surface area contributed by atoms with E-state index in [0.29, 0.717) is 5.56 Å². The summed E-state index contributed by atoms with van der Waals surface area (Å²) in [4.78, 5) is 3.84. The Balaban J connectivity index is 2.22. The number of hydrogen-bond donors (Lipinski definition) is 1. The van der Waals surface area contributed by atoms with Crippen molar-refractivity contribution < 1.29 is 18.6 Å². The summed E-state index contributed by atoms with van der Waals surface area (Å²) in [7, 11) is 0. The van der Waals surface area contributed by atoms with Crippen molar-refractivity contribution in [3.63, 3.8) is 0 Å². The van der Waals surface area contributed by atoms with Gasteiger partial charge in [-0.1, -0.05) is 6.07 Å². The van der Waals surface area contributed by atoms with Crippen LogP contribution in [0.5, 0.6) is 11.6 Å². The van der Waals surface area contributed by atoms with Gasteiger partial charge in [-0.2, -0.15) is 4.39 Å². The third-order valence-corrected chi connectivity index (χ3v) is 2.11. The molecule has 0 aliphatic rings. The monoisotopic (exact) mass is 237 g/mol. The maximum absolute atomic E-state index is 13.3. The molecule has 0 amide bonds. The van der Waals surface area contributed by atoms with Crippen molar-refractivity contribution in [2.45, 2.75) is 6.61 Å². The quantitative estimate of drug-likeness (QED) is 0.892. The topological polar surface area (TPSA) is 42.4 Å². The average molecular weight is 237 g/mol. The summed E-state index contributed by atoms with van der Waals surface area (Å²) in [5.41, 5.74) is 0.608. The van der Waals surface area contributed by atoms with Gasteiger partial charge in [0.2, 0.25) is 11.7 Å². The molecular formula is C12H9F2NO2. The van der Waals surface area contributed by atoms with E-state index in [4.69, 9.17) is 9.84 Å². The van der Waals surface area contributed by atoms with Crippen molar-refractivity contribution in [1.82, 2.24) is 4.98 Å².